The second kappa shape index (κ2) is 5.26. The second-order valence-corrected chi connectivity index (χ2v) is 3.78. The standard InChI is InChI=1S/C16H15N/c1-3-4-10-16-13(2)15(11-12-17-16)14-8-6-5-7-9-14/h3-12H,2H2,1H3/b4-3-,16-10+. The van der Waals surface area contributed by atoms with E-state index in [4.69, 9.17) is 0 Å². The number of benzene rings is 1. The smallest absolute Gasteiger partial charge is 0.0702 e. The first-order chi connectivity index (χ1) is 8.33. The molecule has 0 N–H and O–H groups in total. The highest BCUT2D eigenvalue weighted by Gasteiger charge is 1.98. The predicted molar refractivity (Wildman–Crippen MR) is 73.7 cm³/mol. The fraction of sp³-hybridized carbons (Fsp3) is 0.0625. The van der Waals surface area contributed by atoms with Gasteiger partial charge in [-0.15, -0.1) is 0 Å². The van der Waals surface area contributed by atoms with Gasteiger partial charge >= 0.3 is 0 Å². The molecule has 0 unspecified atom stereocenters. The monoisotopic (exact) mass is 221 g/mol. The van der Waals surface area contributed by atoms with E-state index in [1.54, 1.807) is 0 Å². The summed E-state index contributed by atoms with van der Waals surface area (Å²) < 4.78 is 0. The fourth-order valence-electron chi connectivity index (χ4n) is 1.73. The highest BCUT2D eigenvalue weighted by Crippen LogP contribution is 2.12. The Morgan fingerprint density at radius 3 is 2.59 bits per heavy atom. The molecule has 1 heterocycles. The normalized spacial score (nSPS) is 12.2. The zero-order valence-electron chi connectivity index (χ0n) is 9.93. The molecule has 0 radical (unpaired) electrons. The average molecular weight is 221 g/mol. The van der Waals surface area contributed by atoms with Gasteiger partial charge in [-0.05, 0) is 30.2 Å². The van der Waals surface area contributed by atoms with Crippen LogP contribution < -0.4 is 10.6 Å². The zero-order chi connectivity index (χ0) is 12.1. The first-order valence-corrected chi connectivity index (χ1v) is 5.65. The molecule has 0 spiro atoms. The number of pyridine rings is 1. The summed E-state index contributed by atoms with van der Waals surface area (Å²) in [6, 6.07) is 12.3. The van der Waals surface area contributed by atoms with E-state index in [-0.39, 0.29) is 0 Å². The molecule has 2 aromatic rings. The Bertz CT molecular complexity index is 624. The predicted octanol–water partition coefficient (Wildman–Crippen LogP) is 2.52. The SMILES string of the molecule is C=c1c(-c2ccccc2)ccn/c1=C/C=C\C. The third-order valence-corrected chi connectivity index (χ3v) is 2.62. The van der Waals surface area contributed by atoms with Gasteiger partial charge in [-0.3, -0.25) is 4.98 Å². The van der Waals surface area contributed by atoms with Crippen LogP contribution in [0, 0.1) is 0 Å². The first-order valence-electron chi connectivity index (χ1n) is 5.65. The fourth-order valence-corrected chi connectivity index (χ4v) is 1.73. The topological polar surface area (TPSA) is 12.9 Å². The lowest BCUT2D eigenvalue weighted by molar-refractivity contribution is 1.23. The summed E-state index contributed by atoms with van der Waals surface area (Å²) in [6.45, 7) is 6.11. The summed E-state index contributed by atoms with van der Waals surface area (Å²) in [7, 11) is 0. The molecule has 0 atom stereocenters. The summed E-state index contributed by atoms with van der Waals surface area (Å²) in [5, 5.41) is 1.89. The van der Waals surface area contributed by atoms with Crippen molar-refractivity contribution in [3.8, 4) is 11.1 Å². The number of allylic oxidation sites excluding steroid dienone is 2. The van der Waals surface area contributed by atoms with Crippen LogP contribution in [0.15, 0.2) is 54.7 Å². The van der Waals surface area contributed by atoms with Gasteiger partial charge in [-0.2, -0.15) is 0 Å². The van der Waals surface area contributed by atoms with Crippen molar-refractivity contribution in [3.05, 3.63) is 65.3 Å². The van der Waals surface area contributed by atoms with Crippen molar-refractivity contribution >= 4 is 12.7 Å². The highest BCUT2D eigenvalue weighted by molar-refractivity contribution is 5.64. The molecule has 0 aliphatic rings. The average Bonchev–Trinajstić information content (AvgIpc) is 2.39. The molecule has 1 nitrogen and oxygen atoms in total. The van der Waals surface area contributed by atoms with Gasteiger partial charge in [0, 0.05) is 11.4 Å². The van der Waals surface area contributed by atoms with E-state index in [9.17, 15) is 0 Å². The van der Waals surface area contributed by atoms with Crippen LogP contribution in [0.5, 0.6) is 0 Å². The van der Waals surface area contributed by atoms with Crippen LogP contribution in [0.25, 0.3) is 23.8 Å². The van der Waals surface area contributed by atoms with Crippen LogP contribution in [0.3, 0.4) is 0 Å². The maximum Gasteiger partial charge on any atom is 0.0702 e. The third kappa shape index (κ3) is 2.51. The van der Waals surface area contributed by atoms with E-state index in [0.29, 0.717) is 0 Å². The van der Waals surface area contributed by atoms with Crippen LogP contribution in [0.4, 0.5) is 0 Å². The van der Waals surface area contributed by atoms with Crippen LogP contribution in [-0.2, 0) is 0 Å². The summed E-state index contributed by atoms with van der Waals surface area (Å²) in [5.74, 6) is 0. The van der Waals surface area contributed by atoms with E-state index >= 15 is 0 Å². The van der Waals surface area contributed by atoms with Gasteiger partial charge in [0.05, 0.1) is 5.35 Å². The minimum atomic E-state index is 0.921. The quantitative estimate of drug-likeness (QED) is 0.759. The van der Waals surface area contributed by atoms with Crippen LogP contribution in [0.1, 0.15) is 6.92 Å². The van der Waals surface area contributed by atoms with Gasteiger partial charge < -0.3 is 0 Å². The highest BCUT2D eigenvalue weighted by atomic mass is 14.6. The summed E-state index contributed by atoms with van der Waals surface area (Å²) in [4.78, 5) is 4.33. The number of nitrogens with zero attached hydrogens (tertiary/aromatic N) is 1. The molecule has 17 heavy (non-hydrogen) atoms. The first kappa shape index (κ1) is 11.3. The van der Waals surface area contributed by atoms with Crippen molar-refractivity contribution in [3.63, 3.8) is 0 Å². The number of hydrogen-bond donors (Lipinski definition) is 0. The van der Waals surface area contributed by atoms with Gasteiger partial charge in [-0.25, -0.2) is 0 Å². The van der Waals surface area contributed by atoms with Crippen molar-refractivity contribution in [1.29, 1.82) is 0 Å². The zero-order valence-corrected chi connectivity index (χ0v) is 9.93. The Morgan fingerprint density at radius 1 is 1.12 bits per heavy atom. The van der Waals surface area contributed by atoms with E-state index in [1.165, 1.54) is 5.56 Å². The Morgan fingerprint density at radius 2 is 1.88 bits per heavy atom. The molecule has 0 saturated carbocycles. The third-order valence-electron chi connectivity index (χ3n) is 2.62. The molecule has 1 aromatic heterocycles. The molecule has 0 saturated heterocycles. The van der Waals surface area contributed by atoms with Gasteiger partial charge in [0.15, 0.2) is 0 Å². The van der Waals surface area contributed by atoms with Crippen molar-refractivity contribution in [1.82, 2.24) is 4.98 Å². The van der Waals surface area contributed by atoms with Gasteiger partial charge in [0.2, 0.25) is 0 Å². The molecular weight excluding hydrogens is 206 g/mol. The minimum absolute atomic E-state index is 0.921. The maximum absolute atomic E-state index is 4.33. The summed E-state index contributed by atoms with van der Waals surface area (Å²) in [6.07, 6.45) is 7.77. The van der Waals surface area contributed by atoms with E-state index in [1.807, 2.05) is 55.6 Å². The second-order valence-electron chi connectivity index (χ2n) is 3.78. The number of hydrogen-bond acceptors (Lipinski definition) is 1. The molecule has 84 valence electrons. The van der Waals surface area contributed by atoms with Crippen molar-refractivity contribution in [2.45, 2.75) is 6.92 Å². The number of rotatable bonds is 2. The summed E-state index contributed by atoms with van der Waals surface area (Å²) in [5.41, 5.74) is 2.31. The summed E-state index contributed by atoms with van der Waals surface area (Å²) >= 11 is 0. The molecule has 1 heteroatoms. The molecule has 1 aromatic carbocycles. The molecule has 0 fully saturated rings. The van der Waals surface area contributed by atoms with Gasteiger partial charge in [0.1, 0.15) is 0 Å². The van der Waals surface area contributed by atoms with Crippen molar-refractivity contribution in [2.75, 3.05) is 0 Å². The minimum Gasteiger partial charge on any atom is -0.256 e. The molecule has 0 aliphatic heterocycles. The lowest BCUT2D eigenvalue weighted by atomic mass is 10.1. The molecule has 2 rings (SSSR count). The van der Waals surface area contributed by atoms with Crippen molar-refractivity contribution < 1.29 is 0 Å². The Hall–Kier alpha value is -2.15. The molecule has 0 bridgehead atoms. The maximum atomic E-state index is 4.33. The Labute approximate surface area is 101 Å². The van der Waals surface area contributed by atoms with Crippen LogP contribution in [0.2, 0.25) is 0 Å². The van der Waals surface area contributed by atoms with Crippen LogP contribution in [-0.4, -0.2) is 4.98 Å². The largest absolute Gasteiger partial charge is 0.256 e. The van der Waals surface area contributed by atoms with E-state index < -0.39 is 0 Å². The van der Waals surface area contributed by atoms with Crippen LogP contribution >= 0.6 is 0 Å². The molecular formula is C16H15N. The van der Waals surface area contributed by atoms with Crippen molar-refractivity contribution in [2.24, 2.45) is 0 Å². The van der Waals surface area contributed by atoms with E-state index in [0.717, 1.165) is 16.1 Å². The number of aromatic nitrogens is 1. The molecule has 0 aliphatic carbocycles. The van der Waals surface area contributed by atoms with Gasteiger partial charge in [0.25, 0.3) is 0 Å². The molecule has 0 amide bonds. The van der Waals surface area contributed by atoms with E-state index in [2.05, 4.69) is 23.7 Å². The van der Waals surface area contributed by atoms with Gasteiger partial charge in [-0.1, -0.05) is 49.1 Å². The Kier molecular flexibility index (Phi) is 3.51. The lowest BCUT2D eigenvalue weighted by Gasteiger charge is -2.01. The lowest BCUT2D eigenvalue weighted by Crippen LogP contribution is -2.28. The Balaban J connectivity index is 2.62.